The number of nitrogens with zero attached hydrogens (tertiary/aromatic N) is 2. The van der Waals surface area contributed by atoms with Crippen molar-refractivity contribution in [2.75, 3.05) is 24.9 Å². The Hall–Kier alpha value is -3.72. The minimum atomic E-state index is -0.686. The molecule has 192 valence electrons. The van der Waals surface area contributed by atoms with E-state index in [2.05, 4.69) is 10.6 Å². The van der Waals surface area contributed by atoms with Crippen LogP contribution in [0.25, 0.3) is 5.69 Å². The molecule has 10 heteroatoms. The van der Waals surface area contributed by atoms with Gasteiger partial charge in [0.25, 0.3) is 5.56 Å². The van der Waals surface area contributed by atoms with Crippen LogP contribution in [0.3, 0.4) is 0 Å². The quantitative estimate of drug-likeness (QED) is 0.436. The SMILES string of the molecule is COc1cccc(-n2c(=O)c(NC(=O)CC(C)(C)CC(=O)Nc3cc(Cl)ccc3OC)c(C)n2C)c1. The molecular weight excluding hydrogens is 484 g/mol. The number of rotatable bonds is 9. The molecule has 3 rings (SSSR count). The molecule has 0 fully saturated rings. The van der Waals surface area contributed by atoms with Crippen LogP contribution in [0.15, 0.2) is 47.3 Å². The third-order valence-electron chi connectivity index (χ3n) is 5.83. The summed E-state index contributed by atoms with van der Waals surface area (Å²) in [6, 6.07) is 12.0. The highest BCUT2D eigenvalue weighted by molar-refractivity contribution is 6.31. The molecule has 1 heterocycles. The molecule has 36 heavy (non-hydrogen) atoms. The van der Waals surface area contributed by atoms with Crippen LogP contribution in [0.4, 0.5) is 11.4 Å². The van der Waals surface area contributed by atoms with E-state index in [1.165, 1.54) is 11.8 Å². The van der Waals surface area contributed by atoms with Gasteiger partial charge in [-0.05, 0) is 42.7 Å². The van der Waals surface area contributed by atoms with E-state index in [0.717, 1.165) is 0 Å². The van der Waals surface area contributed by atoms with Crippen LogP contribution in [0, 0.1) is 12.3 Å². The van der Waals surface area contributed by atoms with Crippen LogP contribution in [0.2, 0.25) is 5.02 Å². The number of hydrogen-bond acceptors (Lipinski definition) is 5. The first-order valence-electron chi connectivity index (χ1n) is 11.3. The first-order chi connectivity index (χ1) is 17.0. The molecular formula is C26H31ClN4O5. The van der Waals surface area contributed by atoms with Crippen LogP contribution in [0.1, 0.15) is 32.4 Å². The fourth-order valence-corrected chi connectivity index (χ4v) is 4.15. The van der Waals surface area contributed by atoms with Crippen molar-refractivity contribution in [2.24, 2.45) is 12.5 Å². The second kappa shape index (κ2) is 10.9. The van der Waals surface area contributed by atoms with Crippen LogP contribution in [-0.2, 0) is 16.6 Å². The maximum atomic E-state index is 13.2. The zero-order chi connectivity index (χ0) is 26.6. The van der Waals surface area contributed by atoms with Crippen LogP contribution >= 0.6 is 11.6 Å². The highest BCUT2D eigenvalue weighted by Gasteiger charge is 2.27. The molecule has 2 amide bonds. The van der Waals surface area contributed by atoms with Gasteiger partial charge in [0.15, 0.2) is 0 Å². The van der Waals surface area contributed by atoms with Crippen molar-refractivity contribution in [1.82, 2.24) is 9.36 Å². The zero-order valence-electron chi connectivity index (χ0n) is 21.3. The predicted molar refractivity (Wildman–Crippen MR) is 141 cm³/mol. The molecule has 0 saturated heterocycles. The summed E-state index contributed by atoms with van der Waals surface area (Å²) in [5.74, 6) is 0.441. The largest absolute Gasteiger partial charge is 0.497 e. The van der Waals surface area contributed by atoms with Gasteiger partial charge in [0.2, 0.25) is 11.8 Å². The second-order valence-corrected chi connectivity index (χ2v) is 9.70. The lowest BCUT2D eigenvalue weighted by atomic mass is 9.85. The molecule has 3 aromatic rings. The van der Waals surface area contributed by atoms with E-state index in [-0.39, 0.29) is 35.9 Å². The van der Waals surface area contributed by atoms with E-state index in [9.17, 15) is 14.4 Å². The maximum Gasteiger partial charge on any atom is 0.295 e. The van der Waals surface area contributed by atoms with Crippen LogP contribution in [-0.4, -0.2) is 35.4 Å². The highest BCUT2D eigenvalue weighted by Crippen LogP contribution is 2.30. The lowest BCUT2D eigenvalue weighted by Crippen LogP contribution is -2.29. The van der Waals surface area contributed by atoms with Gasteiger partial charge in [-0.2, -0.15) is 0 Å². The van der Waals surface area contributed by atoms with Gasteiger partial charge in [-0.25, -0.2) is 4.68 Å². The zero-order valence-corrected chi connectivity index (χ0v) is 22.0. The highest BCUT2D eigenvalue weighted by atomic mass is 35.5. The number of aromatic nitrogens is 2. The first kappa shape index (κ1) is 26.9. The molecule has 0 bridgehead atoms. The number of carbonyl (C=O) groups excluding carboxylic acids is 2. The summed E-state index contributed by atoms with van der Waals surface area (Å²) in [6.45, 7) is 5.38. The van der Waals surface area contributed by atoms with Gasteiger partial charge in [-0.1, -0.05) is 31.5 Å². The maximum absolute atomic E-state index is 13.2. The van der Waals surface area contributed by atoms with E-state index in [4.69, 9.17) is 21.1 Å². The Morgan fingerprint density at radius 3 is 2.31 bits per heavy atom. The van der Waals surface area contributed by atoms with Gasteiger partial charge in [-0.3, -0.25) is 19.1 Å². The Balaban J connectivity index is 1.72. The Bertz CT molecular complexity index is 1340. The lowest BCUT2D eigenvalue weighted by molar-refractivity contribution is -0.120. The molecule has 0 unspecified atom stereocenters. The molecule has 2 aromatic carbocycles. The number of ether oxygens (including phenoxy) is 2. The van der Waals surface area contributed by atoms with E-state index in [1.54, 1.807) is 68.2 Å². The Morgan fingerprint density at radius 2 is 1.67 bits per heavy atom. The summed E-state index contributed by atoms with van der Waals surface area (Å²) in [6.07, 6.45) is 0.0952. The number of benzene rings is 2. The fraction of sp³-hybridized carbons (Fsp3) is 0.346. The minimum Gasteiger partial charge on any atom is -0.497 e. The predicted octanol–water partition coefficient (Wildman–Crippen LogP) is 4.54. The normalized spacial score (nSPS) is 11.2. The molecule has 0 atom stereocenters. The first-order valence-corrected chi connectivity index (χ1v) is 11.7. The minimum absolute atomic E-state index is 0.0278. The number of hydrogen-bond donors (Lipinski definition) is 2. The van der Waals surface area contributed by atoms with E-state index in [0.29, 0.717) is 33.6 Å². The van der Waals surface area contributed by atoms with Crippen LogP contribution in [0.5, 0.6) is 11.5 Å². The molecule has 0 radical (unpaired) electrons. The molecule has 1 aromatic heterocycles. The summed E-state index contributed by atoms with van der Waals surface area (Å²) in [5, 5.41) is 6.00. The lowest BCUT2D eigenvalue weighted by Gasteiger charge is -2.23. The Kier molecular flexibility index (Phi) is 8.14. The van der Waals surface area contributed by atoms with Crippen molar-refractivity contribution in [1.29, 1.82) is 0 Å². The number of nitrogens with one attached hydrogen (secondary N) is 2. The van der Waals surface area contributed by atoms with Gasteiger partial charge in [0.05, 0.1) is 31.3 Å². The third kappa shape index (κ3) is 6.09. The number of methoxy groups -OCH3 is 2. The number of anilines is 2. The van der Waals surface area contributed by atoms with Crippen molar-refractivity contribution >= 4 is 34.8 Å². The molecule has 0 aliphatic rings. The number of carbonyl (C=O) groups is 2. The molecule has 0 saturated carbocycles. The van der Waals surface area contributed by atoms with Crippen molar-refractivity contribution in [2.45, 2.75) is 33.6 Å². The average Bonchev–Trinajstić information content (AvgIpc) is 3.01. The smallest absolute Gasteiger partial charge is 0.295 e. The standard InChI is InChI=1S/C26H31ClN4O5/c1-16-24(25(34)31(30(16)4)18-8-7-9-19(13-18)35-5)29-23(33)15-26(2,3)14-22(32)28-20-12-17(27)10-11-21(20)36-6/h7-13H,14-15H2,1-6H3,(H,28,32)(H,29,33). The number of halogens is 1. The summed E-state index contributed by atoms with van der Waals surface area (Å²) in [5.41, 5.74) is 0.801. The van der Waals surface area contributed by atoms with Gasteiger partial charge in [0.1, 0.15) is 17.2 Å². The summed E-state index contributed by atoms with van der Waals surface area (Å²) in [4.78, 5) is 38.8. The number of amides is 2. The molecule has 0 aliphatic heterocycles. The van der Waals surface area contributed by atoms with Gasteiger partial charge in [0, 0.05) is 31.0 Å². The summed E-state index contributed by atoms with van der Waals surface area (Å²) >= 11 is 6.03. The second-order valence-electron chi connectivity index (χ2n) is 9.26. The van der Waals surface area contributed by atoms with Gasteiger partial charge < -0.3 is 20.1 Å². The van der Waals surface area contributed by atoms with E-state index >= 15 is 0 Å². The van der Waals surface area contributed by atoms with Crippen molar-refractivity contribution in [3.8, 4) is 17.2 Å². The summed E-state index contributed by atoms with van der Waals surface area (Å²) in [7, 11) is 4.79. The third-order valence-corrected chi connectivity index (χ3v) is 6.06. The fourth-order valence-electron chi connectivity index (χ4n) is 3.97. The van der Waals surface area contributed by atoms with Gasteiger partial charge >= 0.3 is 0 Å². The summed E-state index contributed by atoms with van der Waals surface area (Å²) < 4.78 is 13.7. The van der Waals surface area contributed by atoms with E-state index < -0.39 is 5.41 Å². The monoisotopic (exact) mass is 514 g/mol. The molecule has 0 aliphatic carbocycles. The van der Waals surface area contributed by atoms with Crippen LogP contribution < -0.4 is 25.7 Å². The van der Waals surface area contributed by atoms with Gasteiger partial charge in [-0.15, -0.1) is 0 Å². The van der Waals surface area contributed by atoms with Crippen molar-refractivity contribution in [3.63, 3.8) is 0 Å². The Morgan fingerprint density at radius 1 is 1.00 bits per heavy atom. The Labute approximate surface area is 214 Å². The average molecular weight is 515 g/mol. The molecule has 2 N–H and O–H groups in total. The van der Waals surface area contributed by atoms with Crippen molar-refractivity contribution in [3.05, 3.63) is 63.5 Å². The molecule has 0 spiro atoms. The molecule has 9 nitrogen and oxygen atoms in total. The topological polar surface area (TPSA) is 104 Å². The van der Waals surface area contributed by atoms with E-state index in [1.807, 2.05) is 13.8 Å². The van der Waals surface area contributed by atoms with Crippen molar-refractivity contribution < 1.29 is 19.1 Å².